The van der Waals surface area contributed by atoms with Crippen LogP contribution in [0.5, 0.6) is 11.5 Å². The summed E-state index contributed by atoms with van der Waals surface area (Å²) in [5, 5.41) is 7.21. The molecule has 0 spiro atoms. The minimum atomic E-state index is -4.29. The third-order valence-corrected chi connectivity index (χ3v) is 9.66. The van der Waals surface area contributed by atoms with Gasteiger partial charge in [-0.2, -0.15) is 0 Å². The minimum Gasteiger partial charge on any atom is -0.494 e. The molecule has 0 saturated carbocycles. The summed E-state index contributed by atoms with van der Waals surface area (Å²) in [6, 6.07) is 9.30. The number of aryl methyl sites for hydroxylation is 1. The molecule has 0 fully saturated rings. The highest BCUT2D eigenvalue weighted by atomic mass is 32.2. The molecule has 3 aromatic rings. The zero-order valence-electron chi connectivity index (χ0n) is 23.1. The van der Waals surface area contributed by atoms with Gasteiger partial charge in [0.25, 0.3) is 10.0 Å². The Morgan fingerprint density at radius 2 is 1.74 bits per heavy atom. The standard InChI is InChI=1S/C25H36N4O7SSi/c1-9-35-24(30)18(3)37(31,32)28(15-16-38(6,7)8)25-27-26-23(21-14-13-17(2)36-21)29(25)22-19(33-4)11-10-12-20(22)34-5/h10-14,18H,9,15-16H2,1-8H3/t18-/m0/s1. The van der Waals surface area contributed by atoms with E-state index in [0.29, 0.717) is 34.8 Å². The van der Waals surface area contributed by atoms with Crippen LogP contribution in [0.3, 0.4) is 0 Å². The molecule has 0 saturated heterocycles. The third kappa shape index (κ3) is 6.04. The van der Waals surface area contributed by atoms with Crippen molar-refractivity contribution >= 4 is 30.0 Å². The number of carbonyl (C=O) groups excluding carboxylic acids is 1. The van der Waals surface area contributed by atoms with E-state index in [-0.39, 0.29) is 24.9 Å². The van der Waals surface area contributed by atoms with E-state index in [1.165, 1.54) is 25.7 Å². The van der Waals surface area contributed by atoms with Gasteiger partial charge in [-0.15, -0.1) is 10.2 Å². The SMILES string of the molecule is CCOC(=O)[C@H](C)S(=O)(=O)N(CC[Si](C)(C)C)c1nnc(-c2ccc(C)o2)n1-c1c(OC)cccc1OC. The maximum atomic E-state index is 14.0. The predicted octanol–water partition coefficient (Wildman–Crippen LogP) is 4.28. The lowest BCUT2D eigenvalue weighted by Gasteiger charge is -2.29. The fraction of sp³-hybridized carbons (Fsp3) is 0.480. The van der Waals surface area contributed by atoms with Crippen LogP contribution in [-0.4, -0.2) is 69.8 Å². The van der Waals surface area contributed by atoms with Gasteiger partial charge in [0.15, 0.2) is 11.0 Å². The Balaban J connectivity index is 2.36. The zero-order valence-corrected chi connectivity index (χ0v) is 25.0. The summed E-state index contributed by atoms with van der Waals surface area (Å²) in [5.74, 6) is 1.19. The summed E-state index contributed by atoms with van der Waals surface area (Å²) in [7, 11) is -3.03. The second kappa shape index (κ2) is 11.6. The molecule has 2 aromatic heterocycles. The molecule has 11 nitrogen and oxygen atoms in total. The Labute approximate surface area is 224 Å². The van der Waals surface area contributed by atoms with Crippen molar-refractivity contribution in [3.05, 3.63) is 36.1 Å². The average Bonchev–Trinajstić information content (AvgIpc) is 3.48. The van der Waals surface area contributed by atoms with Crippen LogP contribution >= 0.6 is 0 Å². The minimum absolute atomic E-state index is 0.0220. The van der Waals surface area contributed by atoms with Gasteiger partial charge in [0.1, 0.15) is 22.9 Å². The molecule has 0 aliphatic carbocycles. The molecule has 38 heavy (non-hydrogen) atoms. The number of sulfonamides is 1. The molecule has 3 rings (SSSR count). The van der Waals surface area contributed by atoms with Crippen LogP contribution in [0.15, 0.2) is 34.7 Å². The molecule has 2 heterocycles. The van der Waals surface area contributed by atoms with E-state index in [1.54, 1.807) is 44.2 Å². The second-order valence-corrected chi connectivity index (χ2v) is 17.7. The lowest BCUT2D eigenvalue weighted by Crippen LogP contribution is -2.45. The molecule has 0 unspecified atom stereocenters. The lowest BCUT2D eigenvalue weighted by molar-refractivity contribution is -0.142. The van der Waals surface area contributed by atoms with E-state index in [4.69, 9.17) is 18.6 Å². The first-order valence-corrected chi connectivity index (χ1v) is 17.5. The van der Waals surface area contributed by atoms with Crippen LogP contribution in [0.4, 0.5) is 5.95 Å². The number of carbonyl (C=O) groups is 1. The predicted molar refractivity (Wildman–Crippen MR) is 147 cm³/mol. The summed E-state index contributed by atoms with van der Waals surface area (Å²) >= 11 is 0. The number of anilines is 1. The van der Waals surface area contributed by atoms with Crippen molar-refractivity contribution in [2.45, 2.75) is 51.7 Å². The smallest absolute Gasteiger partial charge is 0.325 e. The molecule has 0 aliphatic rings. The average molecular weight is 565 g/mol. The third-order valence-electron chi connectivity index (χ3n) is 5.89. The normalized spacial score (nSPS) is 12.7. The molecule has 0 aliphatic heterocycles. The summed E-state index contributed by atoms with van der Waals surface area (Å²) in [6.45, 7) is 11.3. The number of esters is 1. The first-order chi connectivity index (χ1) is 17.8. The van der Waals surface area contributed by atoms with Gasteiger partial charge in [0.2, 0.25) is 11.8 Å². The van der Waals surface area contributed by atoms with Crippen LogP contribution in [0.25, 0.3) is 17.3 Å². The van der Waals surface area contributed by atoms with Crippen molar-refractivity contribution in [2.24, 2.45) is 0 Å². The summed E-state index contributed by atoms with van der Waals surface area (Å²) < 4.78 is 52.8. The zero-order chi connectivity index (χ0) is 28.3. The van der Waals surface area contributed by atoms with Crippen molar-refractivity contribution < 1.29 is 31.8 Å². The highest BCUT2D eigenvalue weighted by Gasteiger charge is 2.40. The number of furan rings is 1. The molecule has 0 radical (unpaired) electrons. The number of hydrogen-bond acceptors (Lipinski definition) is 9. The number of nitrogens with zero attached hydrogens (tertiary/aromatic N) is 4. The quantitative estimate of drug-likeness (QED) is 0.234. The molecule has 1 aromatic carbocycles. The largest absolute Gasteiger partial charge is 0.494 e. The van der Waals surface area contributed by atoms with Gasteiger partial charge >= 0.3 is 5.97 Å². The van der Waals surface area contributed by atoms with Crippen LogP contribution in [0, 0.1) is 6.92 Å². The van der Waals surface area contributed by atoms with Crippen molar-refractivity contribution in [3.8, 4) is 28.8 Å². The molecule has 208 valence electrons. The number of hydrogen-bond donors (Lipinski definition) is 0. The maximum absolute atomic E-state index is 14.0. The van der Waals surface area contributed by atoms with Crippen LogP contribution in [0.1, 0.15) is 19.6 Å². The van der Waals surface area contributed by atoms with E-state index in [1.807, 2.05) is 0 Å². The second-order valence-electron chi connectivity index (χ2n) is 9.90. The Bertz CT molecular complexity index is 1360. The number of methoxy groups -OCH3 is 2. The Hall–Kier alpha value is -3.32. The van der Waals surface area contributed by atoms with Crippen molar-refractivity contribution in [1.82, 2.24) is 14.8 Å². The summed E-state index contributed by atoms with van der Waals surface area (Å²) in [5.41, 5.74) is 0.388. The van der Waals surface area contributed by atoms with Gasteiger partial charge in [-0.3, -0.25) is 9.36 Å². The number of aromatic nitrogens is 3. The molecule has 0 amide bonds. The molecular formula is C25H36N4O7SSi. The van der Waals surface area contributed by atoms with Crippen LogP contribution in [0.2, 0.25) is 25.7 Å². The van der Waals surface area contributed by atoms with Gasteiger partial charge in [-0.1, -0.05) is 25.7 Å². The Morgan fingerprint density at radius 3 is 2.24 bits per heavy atom. The highest BCUT2D eigenvalue weighted by Crippen LogP contribution is 2.39. The molecule has 0 N–H and O–H groups in total. The summed E-state index contributed by atoms with van der Waals surface area (Å²) in [6.07, 6.45) is 0. The molecular weight excluding hydrogens is 528 g/mol. The topological polar surface area (TPSA) is 126 Å². The van der Waals surface area contributed by atoms with Gasteiger partial charge in [-0.05, 0) is 51.1 Å². The Kier molecular flexibility index (Phi) is 8.92. The van der Waals surface area contributed by atoms with Crippen molar-refractivity contribution in [2.75, 3.05) is 31.7 Å². The fourth-order valence-corrected chi connectivity index (χ4v) is 6.20. The summed E-state index contributed by atoms with van der Waals surface area (Å²) in [4.78, 5) is 12.6. The molecule has 13 heteroatoms. The maximum Gasteiger partial charge on any atom is 0.325 e. The van der Waals surface area contributed by atoms with Crippen LogP contribution in [-0.2, 0) is 19.6 Å². The van der Waals surface area contributed by atoms with E-state index in [2.05, 4.69) is 29.8 Å². The van der Waals surface area contributed by atoms with Gasteiger partial charge in [0, 0.05) is 14.6 Å². The van der Waals surface area contributed by atoms with Crippen LogP contribution < -0.4 is 13.8 Å². The number of ether oxygens (including phenoxy) is 3. The lowest BCUT2D eigenvalue weighted by atomic mass is 10.2. The first-order valence-electron chi connectivity index (χ1n) is 12.3. The van der Waals surface area contributed by atoms with Gasteiger partial charge in [-0.25, -0.2) is 12.7 Å². The number of para-hydroxylation sites is 1. The highest BCUT2D eigenvalue weighted by molar-refractivity contribution is 7.94. The Morgan fingerprint density at radius 1 is 1.11 bits per heavy atom. The van der Waals surface area contributed by atoms with E-state index >= 15 is 0 Å². The van der Waals surface area contributed by atoms with E-state index in [0.717, 1.165) is 4.31 Å². The van der Waals surface area contributed by atoms with Crippen molar-refractivity contribution in [3.63, 3.8) is 0 Å². The number of benzene rings is 1. The van der Waals surface area contributed by atoms with E-state index < -0.39 is 29.3 Å². The molecule has 0 bridgehead atoms. The van der Waals surface area contributed by atoms with E-state index in [9.17, 15) is 13.2 Å². The monoisotopic (exact) mass is 564 g/mol. The first kappa shape index (κ1) is 29.2. The van der Waals surface area contributed by atoms with Gasteiger partial charge in [0.05, 0.1) is 20.8 Å². The fourth-order valence-electron chi connectivity index (χ4n) is 3.76. The van der Waals surface area contributed by atoms with Gasteiger partial charge < -0.3 is 18.6 Å². The number of rotatable bonds is 12. The van der Waals surface area contributed by atoms with Crippen molar-refractivity contribution in [1.29, 1.82) is 0 Å². The molecule has 1 atom stereocenters.